The van der Waals surface area contributed by atoms with Crippen molar-refractivity contribution in [1.82, 2.24) is 9.55 Å². The van der Waals surface area contributed by atoms with Crippen LogP contribution in [0.2, 0.25) is 0 Å². The second kappa shape index (κ2) is 9.17. The van der Waals surface area contributed by atoms with Crippen LogP contribution >= 0.6 is 11.8 Å². The molecular formula is C24H29N3O3S. The van der Waals surface area contributed by atoms with Crippen LogP contribution in [0.3, 0.4) is 0 Å². The molecule has 0 spiro atoms. The fourth-order valence-corrected chi connectivity index (χ4v) is 6.00. The minimum absolute atomic E-state index is 0.0899. The fraction of sp³-hybridized carbons (Fsp3) is 0.542. The topological polar surface area (TPSA) is 64.4 Å². The van der Waals surface area contributed by atoms with Gasteiger partial charge in [0.2, 0.25) is 5.91 Å². The quantitative estimate of drug-likeness (QED) is 0.528. The van der Waals surface area contributed by atoms with Gasteiger partial charge in [-0.15, -0.1) is 0 Å². The van der Waals surface area contributed by atoms with E-state index in [2.05, 4.69) is 11.1 Å². The summed E-state index contributed by atoms with van der Waals surface area (Å²) < 4.78 is 7.61. The van der Waals surface area contributed by atoms with E-state index in [1.54, 1.807) is 0 Å². The molecule has 1 saturated heterocycles. The SMILES string of the molecule is O=C(CSc1nc(=O)n(CC2CCCO2)c2c1CCCC2)N1CCCc2ccccc21. The molecule has 0 bridgehead atoms. The van der Waals surface area contributed by atoms with E-state index in [1.807, 2.05) is 27.7 Å². The van der Waals surface area contributed by atoms with E-state index in [0.29, 0.717) is 12.3 Å². The number of thioether (sulfide) groups is 1. The van der Waals surface area contributed by atoms with Gasteiger partial charge in [-0.3, -0.25) is 9.36 Å². The lowest BCUT2D eigenvalue weighted by atomic mass is 9.97. The summed E-state index contributed by atoms with van der Waals surface area (Å²) in [5.74, 6) is 0.398. The first-order valence-electron chi connectivity index (χ1n) is 11.5. The summed E-state index contributed by atoms with van der Waals surface area (Å²) in [6, 6.07) is 8.16. The maximum absolute atomic E-state index is 13.1. The summed E-state index contributed by atoms with van der Waals surface area (Å²) in [4.78, 5) is 32.3. The van der Waals surface area contributed by atoms with Crippen LogP contribution in [0.5, 0.6) is 0 Å². The summed E-state index contributed by atoms with van der Waals surface area (Å²) in [5, 5.41) is 0.752. The molecule has 1 aliphatic carbocycles. The van der Waals surface area contributed by atoms with Crippen LogP contribution in [-0.2, 0) is 35.3 Å². The minimum Gasteiger partial charge on any atom is -0.376 e. The average Bonchev–Trinajstić information content (AvgIpc) is 3.32. The van der Waals surface area contributed by atoms with Crippen molar-refractivity contribution >= 4 is 23.4 Å². The molecular weight excluding hydrogens is 410 g/mol. The normalized spacial score (nSPS) is 20.4. The van der Waals surface area contributed by atoms with Crippen LogP contribution in [0, 0.1) is 0 Å². The van der Waals surface area contributed by atoms with E-state index >= 15 is 0 Å². The molecule has 1 fully saturated rings. The maximum atomic E-state index is 13.1. The van der Waals surface area contributed by atoms with Crippen molar-refractivity contribution in [2.45, 2.75) is 69.0 Å². The number of hydrogen-bond acceptors (Lipinski definition) is 5. The number of fused-ring (bicyclic) bond motifs is 2. The van der Waals surface area contributed by atoms with E-state index in [1.165, 1.54) is 22.9 Å². The van der Waals surface area contributed by atoms with Gasteiger partial charge in [-0.1, -0.05) is 30.0 Å². The molecule has 3 aliphatic rings. The molecule has 2 aliphatic heterocycles. The smallest absolute Gasteiger partial charge is 0.348 e. The predicted molar refractivity (Wildman–Crippen MR) is 122 cm³/mol. The van der Waals surface area contributed by atoms with Crippen molar-refractivity contribution in [3.63, 3.8) is 0 Å². The molecule has 1 aromatic carbocycles. The largest absolute Gasteiger partial charge is 0.376 e. The van der Waals surface area contributed by atoms with Gasteiger partial charge in [0.05, 0.1) is 18.4 Å². The molecule has 0 radical (unpaired) electrons. The van der Waals surface area contributed by atoms with E-state index in [0.717, 1.165) is 80.9 Å². The maximum Gasteiger partial charge on any atom is 0.348 e. The Morgan fingerprint density at radius 1 is 1.13 bits per heavy atom. The molecule has 1 aromatic heterocycles. The first-order chi connectivity index (χ1) is 15.2. The Bertz CT molecular complexity index is 1030. The highest BCUT2D eigenvalue weighted by molar-refractivity contribution is 8.00. The molecule has 1 atom stereocenters. The lowest BCUT2D eigenvalue weighted by Crippen LogP contribution is -2.37. The summed E-state index contributed by atoms with van der Waals surface area (Å²) in [7, 11) is 0. The average molecular weight is 440 g/mol. The van der Waals surface area contributed by atoms with Crippen LogP contribution < -0.4 is 10.6 Å². The van der Waals surface area contributed by atoms with Crippen molar-refractivity contribution in [3.8, 4) is 0 Å². The van der Waals surface area contributed by atoms with Crippen molar-refractivity contribution in [3.05, 3.63) is 51.6 Å². The van der Waals surface area contributed by atoms with Gasteiger partial charge in [0, 0.05) is 30.1 Å². The van der Waals surface area contributed by atoms with Crippen LogP contribution in [0.1, 0.15) is 48.9 Å². The number of rotatable bonds is 5. The van der Waals surface area contributed by atoms with E-state index in [-0.39, 0.29) is 17.7 Å². The number of nitrogens with zero attached hydrogens (tertiary/aromatic N) is 3. The summed E-state index contributed by atoms with van der Waals surface area (Å²) in [6.07, 6.45) is 8.21. The van der Waals surface area contributed by atoms with Crippen molar-refractivity contribution in [2.75, 3.05) is 23.8 Å². The minimum atomic E-state index is -0.200. The van der Waals surface area contributed by atoms with Crippen LogP contribution in [0.4, 0.5) is 5.69 Å². The Balaban J connectivity index is 1.36. The summed E-state index contributed by atoms with van der Waals surface area (Å²) in [5.41, 5.74) is 4.34. The highest BCUT2D eigenvalue weighted by atomic mass is 32.2. The first kappa shape index (κ1) is 20.8. The number of ether oxygens (including phenoxy) is 1. The summed E-state index contributed by atoms with van der Waals surface area (Å²) in [6.45, 7) is 2.14. The van der Waals surface area contributed by atoms with Crippen molar-refractivity contribution in [1.29, 1.82) is 0 Å². The Morgan fingerprint density at radius 2 is 2.00 bits per heavy atom. The van der Waals surface area contributed by atoms with Crippen LogP contribution in [-0.4, -0.2) is 40.5 Å². The predicted octanol–water partition coefficient (Wildman–Crippen LogP) is 3.37. The Labute approximate surface area is 187 Å². The number of carbonyl (C=O) groups is 1. The number of amides is 1. The number of hydrogen-bond donors (Lipinski definition) is 0. The lowest BCUT2D eigenvalue weighted by Gasteiger charge is -2.29. The molecule has 31 heavy (non-hydrogen) atoms. The molecule has 0 saturated carbocycles. The van der Waals surface area contributed by atoms with Gasteiger partial charge in [0.1, 0.15) is 5.03 Å². The second-order valence-electron chi connectivity index (χ2n) is 8.64. The number of benzene rings is 1. The molecule has 164 valence electrons. The molecule has 1 amide bonds. The fourth-order valence-electron chi connectivity index (χ4n) is 5.05. The number of carbonyl (C=O) groups excluding carboxylic acids is 1. The van der Waals surface area contributed by atoms with Gasteiger partial charge < -0.3 is 9.64 Å². The molecule has 1 unspecified atom stereocenters. The Hall–Kier alpha value is -2.12. The molecule has 5 rings (SSSR count). The summed E-state index contributed by atoms with van der Waals surface area (Å²) >= 11 is 1.43. The Kier molecular flexibility index (Phi) is 6.14. The molecule has 2 aromatic rings. The number of para-hydroxylation sites is 1. The van der Waals surface area contributed by atoms with E-state index < -0.39 is 0 Å². The lowest BCUT2D eigenvalue weighted by molar-refractivity contribution is -0.116. The Morgan fingerprint density at radius 3 is 2.87 bits per heavy atom. The molecule has 6 nitrogen and oxygen atoms in total. The zero-order valence-corrected chi connectivity index (χ0v) is 18.7. The van der Waals surface area contributed by atoms with Gasteiger partial charge in [-0.2, -0.15) is 4.98 Å². The molecule has 3 heterocycles. The zero-order chi connectivity index (χ0) is 21.2. The van der Waals surface area contributed by atoms with Gasteiger partial charge in [0.15, 0.2) is 0 Å². The van der Waals surface area contributed by atoms with Crippen molar-refractivity contribution < 1.29 is 9.53 Å². The van der Waals surface area contributed by atoms with Gasteiger partial charge in [-0.05, 0) is 63.0 Å². The third-order valence-corrected chi connectivity index (χ3v) is 7.61. The van der Waals surface area contributed by atoms with E-state index in [9.17, 15) is 9.59 Å². The third kappa shape index (κ3) is 4.30. The number of aromatic nitrogens is 2. The number of anilines is 1. The second-order valence-corrected chi connectivity index (χ2v) is 9.61. The van der Waals surface area contributed by atoms with Crippen LogP contribution in [0.25, 0.3) is 0 Å². The standard InChI is InChI=1S/C24H29N3O3S/c28-22(26-13-5-8-17-7-1-3-11-20(17)26)16-31-23-19-10-2-4-12-21(19)27(24(29)25-23)15-18-9-6-14-30-18/h1,3,7,11,18H,2,4-6,8-10,12-16H2. The zero-order valence-electron chi connectivity index (χ0n) is 17.8. The number of aryl methyl sites for hydroxylation is 1. The third-order valence-electron chi connectivity index (χ3n) is 6.60. The van der Waals surface area contributed by atoms with Crippen LogP contribution in [0.15, 0.2) is 34.1 Å². The van der Waals surface area contributed by atoms with Crippen molar-refractivity contribution in [2.24, 2.45) is 0 Å². The van der Waals surface area contributed by atoms with E-state index in [4.69, 9.17) is 4.74 Å². The van der Waals surface area contributed by atoms with Gasteiger partial charge in [-0.25, -0.2) is 4.79 Å². The highest BCUT2D eigenvalue weighted by Crippen LogP contribution is 2.31. The monoisotopic (exact) mass is 439 g/mol. The van der Waals surface area contributed by atoms with Gasteiger partial charge in [0.25, 0.3) is 0 Å². The first-order valence-corrected chi connectivity index (χ1v) is 12.4. The van der Waals surface area contributed by atoms with Gasteiger partial charge >= 0.3 is 5.69 Å². The molecule has 0 N–H and O–H groups in total. The highest BCUT2D eigenvalue weighted by Gasteiger charge is 2.26. The molecule has 7 heteroatoms.